The van der Waals surface area contributed by atoms with Gasteiger partial charge in [-0.1, -0.05) is 17.7 Å². The van der Waals surface area contributed by atoms with E-state index in [2.05, 4.69) is 9.97 Å². The number of halogens is 3. The van der Waals surface area contributed by atoms with Gasteiger partial charge in [-0.2, -0.15) is 4.39 Å². The summed E-state index contributed by atoms with van der Waals surface area (Å²) in [6, 6.07) is 10.1. The van der Waals surface area contributed by atoms with Crippen LogP contribution in [-0.4, -0.2) is 9.97 Å². The van der Waals surface area contributed by atoms with E-state index >= 15 is 0 Å². The van der Waals surface area contributed by atoms with Crippen molar-refractivity contribution < 1.29 is 9.13 Å². The molecule has 0 saturated heterocycles. The van der Waals surface area contributed by atoms with Crippen molar-refractivity contribution in [2.45, 2.75) is 13.2 Å². The van der Waals surface area contributed by atoms with Crippen molar-refractivity contribution in [3.8, 4) is 5.75 Å². The smallest absolute Gasteiger partial charge is 0.213 e. The van der Waals surface area contributed by atoms with E-state index in [4.69, 9.17) is 22.1 Å². The summed E-state index contributed by atoms with van der Waals surface area (Å²) in [6.45, 7) is 0.573. The monoisotopic (exact) mass is 341 g/mol. The lowest BCUT2D eigenvalue weighted by atomic mass is 10.2. The molecule has 0 fully saturated rings. The summed E-state index contributed by atoms with van der Waals surface area (Å²) in [6.07, 6.45) is 0. The molecule has 0 spiro atoms. The van der Waals surface area contributed by atoms with Crippen LogP contribution in [0.2, 0.25) is 5.02 Å². The van der Waals surface area contributed by atoms with E-state index in [9.17, 15) is 4.39 Å². The van der Waals surface area contributed by atoms with Gasteiger partial charge in [0.05, 0.1) is 10.7 Å². The molecule has 3 aromatic rings. The maximum Gasteiger partial charge on any atom is 0.213 e. The first-order chi connectivity index (χ1) is 10.2. The number of nitrogens with zero attached hydrogens (tertiary/aromatic N) is 1. The van der Waals surface area contributed by atoms with Crippen LogP contribution in [0.25, 0.3) is 10.9 Å². The second-order valence-corrected chi connectivity index (χ2v) is 5.02. The van der Waals surface area contributed by atoms with Gasteiger partial charge in [-0.25, -0.2) is 4.98 Å². The van der Waals surface area contributed by atoms with Crippen molar-refractivity contribution in [3.05, 3.63) is 58.8 Å². The maximum atomic E-state index is 13.0. The maximum absolute atomic E-state index is 13.0. The number of pyridine rings is 1. The molecule has 116 valence electrons. The molecule has 0 amide bonds. The number of hydrogen-bond donors (Lipinski definition) is 2. The van der Waals surface area contributed by atoms with E-state index in [-0.39, 0.29) is 19.0 Å². The first-order valence-corrected chi connectivity index (χ1v) is 6.79. The standard InChI is InChI=1S/C15H13ClFN3O.ClH/c16-12-5-9-4-11(7-18)19-13(9)6-14(12)21-8-10-2-1-3-15(17)20-10;/h1-6,19H,7-8,18H2;1H. The number of ether oxygens (including phenoxy) is 1. The summed E-state index contributed by atoms with van der Waals surface area (Å²) in [7, 11) is 0. The van der Waals surface area contributed by atoms with Crippen molar-refractivity contribution in [2.75, 3.05) is 0 Å². The minimum atomic E-state index is -0.533. The number of hydrogen-bond acceptors (Lipinski definition) is 3. The largest absolute Gasteiger partial charge is 0.486 e. The van der Waals surface area contributed by atoms with Gasteiger partial charge in [-0.15, -0.1) is 12.4 Å². The first kappa shape index (κ1) is 16.5. The Kier molecular flexibility index (Phi) is 5.24. The fraction of sp³-hybridized carbons (Fsp3) is 0.133. The number of benzene rings is 1. The number of H-pyrrole nitrogens is 1. The van der Waals surface area contributed by atoms with Gasteiger partial charge in [0.2, 0.25) is 5.95 Å². The number of aromatic amines is 1. The lowest BCUT2D eigenvalue weighted by Crippen LogP contribution is -1.99. The highest BCUT2D eigenvalue weighted by Crippen LogP contribution is 2.30. The Bertz CT molecular complexity index is 792. The summed E-state index contributed by atoms with van der Waals surface area (Å²) in [5, 5.41) is 1.46. The van der Waals surface area contributed by atoms with Crippen molar-refractivity contribution in [1.82, 2.24) is 9.97 Å². The van der Waals surface area contributed by atoms with E-state index in [1.807, 2.05) is 6.07 Å². The molecular weight excluding hydrogens is 328 g/mol. The Morgan fingerprint density at radius 2 is 2.09 bits per heavy atom. The molecule has 3 rings (SSSR count). The topological polar surface area (TPSA) is 63.9 Å². The number of nitrogens with one attached hydrogen (secondary N) is 1. The van der Waals surface area contributed by atoms with Gasteiger partial charge in [0, 0.05) is 29.2 Å². The van der Waals surface area contributed by atoms with E-state index in [1.165, 1.54) is 6.07 Å². The summed E-state index contributed by atoms with van der Waals surface area (Å²) >= 11 is 6.19. The van der Waals surface area contributed by atoms with Gasteiger partial charge in [0.15, 0.2) is 0 Å². The van der Waals surface area contributed by atoms with Crippen LogP contribution >= 0.6 is 24.0 Å². The lowest BCUT2D eigenvalue weighted by molar-refractivity contribution is 0.300. The molecule has 0 aliphatic rings. The van der Waals surface area contributed by atoms with Crippen LogP contribution in [0.4, 0.5) is 4.39 Å². The molecule has 3 N–H and O–H groups in total. The van der Waals surface area contributed by atoms with Crippen molar-refractivity contribution >= 4 is 34.9 Å². The van der Waals surface area contributed by atoms with Crippen LogP contribution < -0.4 is 10.5 Å². The molecule has 0 bridgehead atoms. The van der Waals surface area contributed by atoms with Gasteiger partial charge in [0.1, 0.15) is 12.4 Å². The molecule has 2 heterocycles. The minimum Gasteiger partial charge on any atom is -0.486 e. The molecule has 0 aliphatic carbocycles. The lowest BCUT2D eigenvalue weighted by Gasteiger charge is -2.08. The van der Waals surface area contributed by atoms with Gasteiger partial charge in [-0.05, 0) is 24.3 Å². The third-order valence-corrected chi connectivity index (χ3v) is 3.39. The van der Waals surface area contributed by atoms with Gasteiger partial charge in [0.25, 0.3) is 0 Å². The SMILES string of the molecule is Cl.NCc1cc2cc(Cl)c(OCc3cccc(F)n3)cc2[nH]1. The van der Waals surface area contributed by atoms with Crippen LogP contribution in [0.1, 0.15) is 11.4 Å². The Morgan fingerprint density at radius 3 is 2.82 bits per heavy atom. The van der Waals surface area contributed by atoms with Crippen LogP contribution in [0.15, 0.2) is 36.4 Å². The Morgan fingerprint density at radius 1 is 1.27 bits per heavy atom. The number of rotatable bonds is 4. The fourth-order valence-corrected chi connectivity index (χ4v) is 2.32. The highest BCUT2D eigenvalue weighted by atomic mass is 35.5. The molecule has 1 aromatic carbocycles. The summed E-state index contributed by atoms with van der Waals surface area (Å²) in [5.74, 6) is -0.0183. The fourth-order valence-electron chi connectivity index (χ4n) is 2.10. The zero-order valence-electron chi connectivity index (χ0n) is 11.5. The summed E-state index contributed by atoms with van der Waals surface area (Å²) < 4.78 is 18.6. The highest BCUT2D eigenvalue weighted by Gasteiger charge is 2.08. The van der Waals surface area contributed by atoms with Crippen molar-refractivity contribution in [1.29, 1.82) is 0 Å². The number of fused-ring (bicyclic) bond motifs is 1. The van der Waals surface area contributed by atoms with Crippen LogP contribution in [0, 0.1) is 5.95 Å². The molecule has 0 saturated carbocycles. The Labute approximate surface area is 137 Å². The molecular formula is C15H14Cl2FN3O. The molecule has 0 atom stereocenters. The molecule has 2 aromatic heterocycles. The van der Waals surface area contributed by atoms with Crippen LogP contribution in [0.5, 0.6) is 5.75 Å². The number of nitrogens with two attached hydrogens (primary N) is 1. The molecule has 0 unspecified atom stereocenters. The third-order valence-electron chi connectivity index (χ3n) is 3.10. The van der Waals surface area contributed by atoms with E-state index in [1.54, 1.807) is 24.3 Å². The van der Waals surface area contributed by atoms with Gasteiger partial charge >= 0.3 is 0 Å². The summed E-state index contributed by atoms with van der Waals surface area (Å²) in [5.41, 5.74) is 7.91. The molecule has 0 aliphatic heterocycles. The van der Waals surface area contributed by atoms with Gasteiger partial charge in [-0.3, -0.25) is 0 Å². The van der Waals surface area contributed by atoms with Crippen LogP contribution in [-0.2, 0) is 13.2 Å². The normalized spacial score (nSPS) is 10.5. The second kappa shape index (κ2) is 6.96. The zero-order chi connectivity index (χ0) is 14.8. The quantitative estimate of drug-likeness (QED) is 0.709. The average molecular weight is 342 g/mol. The zero-order valence-corrected chi connectivity index (χ0v) is 13.0. The van der Waals surface area contributed by atoms with Crippen LogP contribution in [0.3, 0.4) is 0 Å². The average Bonchev–Trinajstić information content (AvgIpc) is 2.86. The minimum absolute atomic E-state index is 0. The molecule has 4 nitrogen and oxygen atoms in total. The first-order valence-electron chi connectivity index (χ1n) is 6.41. The summed E-state index contributed by atoms with van der Waals surface area (Å²) in [4.78, 5) is 6.92. The predicted octanol–water partition coefficient (Wildman–Crippen LogP) is 3.81. The van der Waals surface area contributed by atoms with E-state index in [0.29, 0.717) is 23.0 Å². The second-order valence-electron chi connectivity index (χ2n) is 4.61. The third kappa shape index (κ3) is 3.50. The predicted molar refractivity (Wildman–Crippen MR) is 87.0 cm³/mol. The van der Waals surface area contributed by atoms with Crippen molar-refractivity contribution in [2.24, 2.45) is 5.73 Å². The molecule has 22 heavy (non-hydrogen) atoms. The van der Waals surface area contributed by atoms with Crippen molar-refractivity contribution in [3.63, 3.8) is 0 Å². The van der Waals surface area contributed by atoms with E-state index < -0.39 is 5.95 Å². The molecule has 7 heteroatoms. The highest BCUT2D eigenvalue weighted by molar-refractivity contribution is 6.32. The Balaban J connectivity index is 0.00000176. The Hall–Kier alpha value is -1.82. The number of aromatic nitrogens is 2. The molecule has 0 radical (unpaired) electrons. The van der Waals surface area contributed by atoms with E-state index in [0.717, 1.165) is 16.6 Å². The van der Waals surface area contributed by atoms with Gasteiger partial charge < -0.3 is 15.5 Å².